The Bertz CT molecular complexity index is 221. The van der Waals surface area contributed by atoms with Gasteiger partial charge in [0.1, 0.15) is 0 Å². The second-order valence-electron chi connectivity index (χ2n) is 4.85. The SMILES string of the molecule is O=C1CCCC/C=C\CCCCCCCCO1. The molecule has 0 bridgehead atoms. The van der Waals surface area contributed by atoms with Crippen LogP contribution in [0.5, 0.6) is 0 Å². The Labute approximate surface area is 105 Å². The van der Waals surface area contributed by atoms with Gasteiger partial charge in [-0.05, 0) is 38.5 Å². The molecular formula is C15H26O2. The smallest absolute Gasteiger partial charge is 0.305 e. The average Bonchev–Trinajstić information content (AvgIpc) is 2.32. The molecule has 0 spiro atoms. The highest BCUT2D eigenvalue weighted by molar-refractivity contribution is 5.69. The second kappa shape index (κ2) is 10.4. The van der Waals surface area contributed by atoms with Crippen molar-refractivity contribution in [1.82, 2.24) is 0 Å². The highest BCUT2D eigenvalue weighted by Crippen LogP contribution is 2.10. The molecule has 1 rings (SSSR count). The summed E-state index contributed by atoms with van der Waals surface area (Å²) in [6, 6.07) is 0. The molecule has 17 heavy (non-hydrogen) atoms. The number of ether oxygens (including phenoxy) is 1. The van der Waals surface area contributed by atoms with Crippen LogP contribution >= 0.6 is 0 Å². The van der Waals surface area contributed by atoms with Crippen molar-refractivity contribution in [2.45, 2.75) is 70.6 Å². The summed E-state index contributed by atoms with van der Waals surface area (Å²) in [7, 11) is 0. The molecule has 1 aliphatic rings. The van der Waals surface area contributed by atoms with Crippen LogP contribution in [-0.2, 0) is 9.53 Å². The summed E-state index contributed by atoms with van der Waals surface area (Å²) in [6.07, 6.45) is 17.0. The summed E-state index contributed by atoms with van der Waals surface area (Å²) in [5, 5.41) is 0. The Morgan fingerprint density at radius 1 is 0.765 bits per heavy atom. The molecule has 0 aromatic carbocycles. The van der Waals surface area contributed by atoms with E-state index in [2.05, 4.69) is 12.2 Å². The van der Waals surface area contributed by atoms with Crippen LogP contribution in [0.25, 0.3) is 0 Å². The van der Waals surface area contributed by atoms with Gasteiger partial charge < -0.3 is 4.74 Å². The van der Waals surface area contributed by atoms with Gasteiger partial charge in [0.05, 0.1) is 6.61 Å². The lowest BCUT2D eigenvalue weighted by Gasteiger charge is -2.05. The molecule has 0 aliphatic carbocycles. The van der Waals surface area contributed by atoms with Crippen LogP contribution in [0.1, 0.15) is 70.6 Å². The van der Waals surface area contributed by atoms with Crippen LogP contribution in [-0.4, -0.2) is 12.6 Å². The molecule has 0 fully saturated rings. The molecule has 2 nitrogen and oxygen atoms in total. The van der Waals surface area contributed by atoms with Crippen LogP contribution in [0.3, 0.4) is 0 Å². The fourth-order valence-electron chi connectivity index (χ4n) is 2.10. The van der Waals surface area contributed by atoms with Gasteiger partial charge in [0, 0.05) is 6.42 Å². The molecule has 0 aromatic heterocycles. The number of carbonyl (C=O) groups is 1. The number of hydrogen-bond donors (Lipinski definition) is 0. The predicted octanol–water partition coefficient (Wildman–Crippen LogP) is 4.39. The van der Waals surface area contributed by atoms with Gasteiger partial charge in [-0.1, -0.05) is 37.8 Å². The minimum absolute atomic E-state index is 0.0129. The van der Waals surface area contributed by atoms with E-state index in [1.54, 1.807) is 0 Å². The van der Waals surface area contributed by atoms with Crippen molar-refractivity contribution < 1.29 is 9.53 Å². The third-order valence-corrected chi connectivity index (χ3v) is 3.20. The molecule has 0 atom stereocenters. The number of cyclic esters (lactones) is 1. The summed E-state index contributed by atoms with van der Waals surface area (Å²) in [5.41, 5.74) is 0. The Morgan fingerprint density at radius 2 is 1.35 bits per heavy atom. The Kier molecular flexibility index (Phi) is 8.71. The van der Waals surface area contributed by atoms with Gasteiger partial charge in [-0.2, -0.15) is 0 Å². The van der Waals surface area contributed by atoms with E-state index in [0.717, 1.165) is 25.7 Å². The van der Waals surface area contributed by atoms with Gasteiger partial charge in [-0.25, -0.2) is 0 Å². The first kappa shape index (κ1) is 14.3. The highest BCUT2D eigenvalue weighted by Gasteiger charge is 2.02. The molecule has 1 aliphatic heterocycles. The summed E-state index contributed by atoms with van der Waals surface area (Å²) >= 11 is 0. The lowest BCUT2D eigenvalue weighted by molar-refractivity contribution is -0.143. The normalized spacial score (nSPS) is 23.9. The Balaban J connectivity index is 2.18. The first-order valence-electron chi connectivity index (χ1n) is 7.20. The zero-order valence-corrected chi connectivity index (χ0v) is 11.0. The van der Waals surface area contributed by atoms with E-state index in [4.69, 9.17) is 4.74 Å². The average molecular weight is 238 g/mol. The maximum atomic E-state index is 11.3. The molecule has 0 saturated carbocycles. The van der Waals surface area contributed by atoms with Crippen LogP contribution in [0.15, 0.2) is 12.2 Å². The van der Waals surface area contributed by atoms with Crippen molar-refractivity contribution in [3.8, 4) is 0 Å². The molecule has 1 heterocycles. The zero-order chi connectivity index (χ0) is 12.2. The first-order valence-corrected chi connectivity index (χ1v) is 7.20. The first-order chi connectivity index (χ1) is 8.39. The molecule has 0 radical (unpaired) electrons. The number of esters is 1. The van der Waals surface area contributed by atoms with E-state index >= 15 is 0 Å². The molecule has 0 saturated heterocycles. The summed E-state index contributed by atoms with van der Waals surface area (Å²) in [6.45, 7) is 0.624. The Hall–Kier alpha value is -0.790. The van der Waals surface area contributed by atoms with E-state index in [-0.39, 0.29) is 5.97 Å². The topological polar surface area (TPSA) is 26.3 Å². The number of allylic oxidation sites excluding steroid dienone is 2. The maximum absolute atomic E-state index is 11.3. The van der Waals surface area contributed by atoms with Gasteiger partial charge in [0.25, 0.3) is 0 Å². The van der Waals surface area contributed by atoms with Gasteiger partial charge in [-0.15, -0.1) is 0 Å². The molecule has 0 N–H and O–H groups in total. The van der Waals surface area contributed by atoms with Gasteiger partial charge in [0.15, 0.2) is 0 Å². The predicted molar refractivity (Wildman–Crippen MR) is 70.9 cm³/mol. The summed E-state index contributed by atoms with van der Waals surface area (Å²) in [5.74, 6) is -0.0129. The summed E-state index contributed by atoms with van der Waals surface area (Å²) < 4.78 is 5.19. The minimum atomic E-state index is -0.0129. The fraction of sp³-hybridized carbons (Fsp3) is 0.800. The van der Waals surface area contributed by atoms with E-state index in [9.17, 15) is 4.79 Å². The lowest BCUT2D eigenvalue weighted by atomic mass is 10.1. The monoisotopic (exact) mass is 238 g/mol. The second-order valence-corrected chi connectivity index (χ2v) is 4.85. The molecule has 0 aromatic rings. The van der Waals surface area contributed by atoms with Crippen LogP contribution in [0, 0.1) is 0 Å². The zero-order valence-electron chi connectivity index (χ0n) is 11.0. The van der Waals surface area contributed by atoms with Crippen molar-refractivity contribution in [2.24, 2.45) is 0 Å². The summed E-state index contributed by atoms with van der Waals surface area (Å²) in [4.78, 5) is 11.3. The van der Waals surface area contributed by atoms with Crippen LogP contribution in [0.4, 0.5) is 0 Å². The number of rotatable bonds is 0. The van der Waals surface area contributed by atoms with E-state index in [1.807, 2.05) is 0 Å². The van der Waals surface area contributed by atoms with Crippen molar-refractivity contribution in [3.05, 3.63) is 12.2 Å². The van der Waals surface area contributed by atoms with Crippen molar-refractivity contribution in [1.29, 1.82) is 0 Å². The molecule has 0 unspecified atom stereocenters. The third kappa shape index (κ3) is 8.96. The van der Waals surface area contributed by atoms with Crippen molar-refractivity contribution >= 4 is 5.97 Å². The van der Waals surface area contributed by atoms with Crippen molar-refractivity contribution in [2.75, 3.05) is 6.61 Å². The molecule has 98 valence electrons. The third-order valence-electron chi connectivity index (χ3n) is 3.20. The van der Waals surface area contributed by atoms with Gasteiger partial charge in [0.2, 0.25) is 0 Å². The van der Waals surface area contributed by atoms with Gasteiger partial charge >= 0.3 is 5.97 Å². The lowest BCUT2D eigenvalue weighted by Crippen LogP contribution is -2.05. The van der Waals surface area contributed by atoms with Crippen LogP contribution < -0.4 is 0 Å². The van der Waals surface area contributed by atoms with Gasteiger partial charge in [-0.3, -0.25) is 4.79 Å². The fourth-order valence-corrected chi connectivity index (χ4v) is 2.10. The largest absolute Gasteiger partial charge is 0.466 e. The van der Waals surface area contributed by atoms with E-state index in [1.165, 1.54) is 38.5 Å². The maximum Gasteiger partial charge on any atom is 0.305 e. The Morgan fingerprint density at radius 3 is 2.12 bits per heavy atom. The number of hydrogen-bond acceptors (Lipinski definition) is 2. The molecular weight excluding hydrogens is 212 g/mol. The van der Waals surface area contributed by atoms with Crippen molar-refractivity contribution in [3.63, 3.8) is 0 Å². The van der Waals surface area contributed by atoms with E-state index < -0.39 is 0 Å². The molecule has 2 heteroatoms. The number of carbonyl (C=O) groups excluding carboxylic acids is 1. The highest BCUT2D eigenvalue weighted by atomic mass is 16.5. The quantitative estimate of drug-likeness (QED) is 0.462. The van der Waals surface area contributed by atoms with E-state index in [0.29, 0.717) is 13.0 Å². The standard InChI is InChI=1S/C15H26O2/c16-15-13-11-9-7-5-3-1-2-4-6-8-10-12-14-17-15/h3,5H,1-2,4,6-14H2/b5-3-. The van der Waals surface area contributed by atoms with Crippen LogP contribution in [0.2, 0.25) is 0 Å². The minimum Gasteiger partial charge on any atom is -0.466 e. The molecule has 0 amide bonds.